The Morgan fingerprint density at radius 1 is 1.33 bits per heavy atom. The lowest BCUT2D eigenvalue weighted by Gasteiger charge is -2.46. The lowest BCUT2D eigenvalue weighted by atomic mass is 9.80. The number of rotatable bonds is 7. The summed E-state index contributed by atoms with van der Waals surface area (Å²) in [7, 11) is 0. The largest absolute Gasteiger partial charge is 0.387 e. The molecule has 2 aliphatic heterocycles. The average molecular weight is 376 g/mol. The molecule has 0 aromatic carbocycles. The Bertz CT molecular complexity index is 617. The Morgan fingerprint density at radius 3 is 2.56 bits per heavy atom. The Labute approximate surface area is 162 Å². The molecule has 0 aromatic heterocycles. The predicted molar refractivity (Wildman–Crippen MR) is 105 cm³/mol. The molecule has 3 N–H and O–H groups in total. The van der Waals surface area contributed by atoms with Gasteiger partial charge in [0, 0.05) is 49.4 Å². The number of piperidine rings is 1. The summed E-state index contributed by atoms with van der Waals surface area (Å²) in [6.07, 6.45) is 5.61. The fourth-order valence-electron chi connectivity index (χ4n) is 4.30. The van der Waals surface area contributed by atoms with Crippen molar-refractivity contribution in [2.45, 2.75) is 76.9 Å². The Kier molecular flexibility index (Phi) is 6.88. The standard InChI is InChI=1S/C20H33N5O2/c1-19(2)11-16(12-20(3,4)24-19)23-14-15(13-21)18(27)22-8-6-10-25-9-5-7-17(25)26/h14,16,23-24H,5-12H2,1-4H3,(H,22,27)/b15-14-. The van der Waals surface area contributed by atoms with Crippen molar-refractivity contribution in [1.29, 1.82) is 5.26 Å². The molecule has 7 heteroatoms. The number of likely N-dealkylation sites (tertiary alicyclic amines) is 1. The summed E-state index contributed by atoms with van der Waals surface area (Å²) >= 11 is 0. The van der Waals surface area contributed by atoms with E-state index < -0.39 is 0 Å². The van der Waals surface area contributed by atoms with Crippen LogP contribution < -0.4 is 16.0 Å². The van der Waals surface area contributed by atoms with E-state index in [4.69, 9.17) is 0 Å². The maximum absolute atomic E-state index is 12.2. The van der Waals surface area contributed by atoms with Crippen LogP contribution in [0.3, 0.4) is 0 Å². The van der Waals surface area contributed by atoms with Crippen LogP contribution in [0.15, 0.2) is 11.8 Å². The van der Waals surface area contributed by atoms with E-state index in [-0.39, 0.29) is 34.5 Å². The second-order valence-corrected chi connectivity index (χ2v) is 8.93. The number of hydrogen-bond acceptors (Lipinski definition) is 5. The first kappa shape index (κ1) is 21.2. The zero-order valence-electron chi connectivity index (χ0n) is 17.0. The molecular formula is C20H33N5O2. The molecule has 2 saturated heterocycles. The van der Waals surface area contributed by atoms with Gasteiger partial charge in [0.25, 0.3) is 5.91 Å². The Hall–Kier alpha value is -2.07. The van der Waals surface area contributed by atoms with E-state index in [0.29, 0.717) is 25.9 Å². The molecule has 0 atom stereocenters. The van der Waals surface area contributed by atoms with Gasteiger partial charge in [-0.25, -0.2) is 0 Å². The van der Waals surface area contributed by atoms with Crippen molar-refractivity contribution in [3.63, 3.8) is 0 Å². The van der Waals surface area contributed by atoms with Gasteiger partial charge in [0.15, 0.2) is 0 Å². The van der Waals surface area contributed by atoms with Crippen LogP contribution in [-0.2, 0) is 9.59 Å². The molecule has 0 spiro atoms. The summed E-state index contributed by atoms with van der Waals surface area (Å²) < 4.78 is 0. The second-order valence-electron chi connectivity index (χ2n) is 8.93. The zero-order chi connectivity index (χ0) is 20.1. The quantitative estimate of drug-likeness (QED) is 0.355. The zero-order valence-corrected chi connectivity index (χ0v) is 17.0. The maximum atomic E-state index is 12.2. The molecule has 0 radical (unpaired) electrons. The minimum Gasteiger partial charge on any atom is -0.387 e. The number of nitriles is 1. The summed E-state index contributed by atoms with van der Waals surface area (Å²) in [5.41, 5.74) is 0.0754. The molecular weight excluding hydrogens is 342 g/mol. The highest BCUT2D eigenvalue weighted by Gasteiger charge is 2.37. The highest BCUT2D eigenvalue weighted by Crippen LogP contribution is 2.28. The maximum Gasteiger partial charge on any atom is 0.263 e. The Morgan fingerprint density at radius 2 is 2.00 bits per heavy atom. The van der Waals surface area contributed by atoms with Gasteiger partial charge >= 0.3 is 0 Å². The molecule has 0 unspecified atom stereocenters. The predicted octanol–water partition coefficient (Wildman–Crippen LogP) is 1.42. The molecule has 0 aromatic rings. The van der Waals surface area contributed by atoms with Crippen molar-refractivity contribution in [2.75, 3.05) is 19.6 Å². The summed E-state index contributed by atoms with van der Waals surface area (Å²) in [4.78, 5) is 25.6. The first-order chi connectivity index (χ1) is 12.6. The molecule has 2 rings (SSSR count). The first-order valence-electron chi connectivity index (χ1n) is 9.83. The first-order valence-corrected chi connectivity index (χ1v) is 9.83. The van der Waals surface area contributed by atoms with Crippen LogP contribution in [0, 0.1) is 11.3 Å². The molecule has 150 valence electrons. The third-order valence-corrected chi connectivity index (χ3v) is 5.08. The van der Waals surface area contributed by atoms with Gasteiger partial charge in [-0.1, -0.05) is 0 Å². The fraction of sp³-hybridized carbons (Fsp3) is 0.750. The van der Waals surface area contributed by atoms with Gasteiger partial charge in [0.1, 0.15) is 11.6 Å². The van der Waals surface area contributed by atoms with E-state index in [2.05, 4.69) is 43.6 Å². The van der Waals surface area contributed by atoms with Crippen molar-refractivity contribution >= 4 is 11.8 Å². The molecule has 0 bridgehead atoms. The van der Waals surface area contributed by atoms with Gasteiger partial charge < -0.3 is 20.9 Å². The number of carbonyl (C=O) groups is 2. The van der Waals surface area contributed by atoms with Crippen LogP contribution in [0.2, 0.25) is 0 Å². The molecule has 0 aliphatic carbocycles. The lowest BCUT2D eigenvalue weighted by molar-refractivity contribution is -0.127. The number of carbonyl (C=O) groups excluding carboxylic acids is 2. The highest BCUT2D eigenvalue weighted by molar-refractivity contribution is 5.97. The van der Waals surface area contributed by atoms with Crippen LogP contribution >= 0.6 is 0 Å². The van der Waals surface area contributed by atoms with Crippen LogP contribution in [-0.4, -0.2) is 53.5 Å². The molecule has 27 heavy (non-hydrogen) atoms. The third-order valence-electron chi connectivity index (χ3n) is 5.08. The van der Waals surface area contributed by atoms with E-state index in [1.807, 2.05) is 11.0 Å². The third kappa shape index (κ3) is 6.55. The number of nitrogens with one attached hydrogen (secondary N) is 3. The molecule has 0 saturated carbocycles. The number of hydrogen-bond donors (Lipinski definition) is 3. The molecule has 7 nitrogen and oxygen atoms in total. The summed E-state index contributed by atoms with van der Waals surface area (Å²) in [6.45, 7) is 10.6. The number of nitrogens with zero attached hydrogens (tertiary/aromatic N) is 2. The van der Waals surface area contributed by atoms with Crippen molar-refractivity contribution < 1.29 is 9.59 Å². The van der Waals surface area contributed by atoms with Gasteiger partial charge in [-0.05, 0) is 53.4 Å². The van der Waals surface area contributed by atoms with Gasteiger partial charge in [-0.15, -0.1) is 0 Å². The molecule has 2 aliphatic rings. The van der Waals surface area contributed by atoms with Crippen molar-refractivity contribution in [3.05, 3.63) is 11.8 Å². The van der Waals surface area contributed by atoms with Crippen LogP contribution in [0.25, 0.3) is 0 Å². The second kappa shape index (κ2) is 8.75. The fourth-order valence-corrected chi connectivity index (χ4v) is 4.30. The minimum atomic E-state index is -0.370. The van der Waals surface area contributed by atoms with Crippen molar-refractivity contribution in [3.8, 4) is 6.07 Å². The van der Waals surface area contributed by atoms with Gasteiger partial charge in [0.05, 0.1) is 0 Å². The van der Waals surface area contributed by atoms with E-state index in [1.165, 1.54) is 0 Å². The lowest BCUT2D eigenvalue weighted by Crippen LogP contribution is -2.61. The van der Waals surface area contributed by atoms with E-state index in [1.54, 1.807) is 6.20 Å². The normalized spacial score (nSPS) is 22.4. The SMILES string of the molecule is CC1(C)CC(N/C=C(/C#N)C(=O)NCCCN2CCCC2=O)CC(C)(C)N1. The van der Waals surface area contributed by atoms with E-state index in [9.17, 15) is 14.9 Å². The monoisotopic (exact) mass is 375 g/mol. The summed E-state index contributed by atoms with van der Waals surface area (Å²) in [5.74, 6) is -0.179. The highest BCUT2D eigenvalue weighted by atomic mass is 16.2. The van der Waals surface area contributed by atoms with Crippen LogP contribution in [0.1, 0.15) is 59.8 Å². The van der Waals surface area contributed by atoms with Crippen LogP contribution in [0.4, 0.5) is 0 Å². The van der Waals surface area contributed by atoms with Crippen LogP contribution in [0.5, 0.6) is 0 Å². The van der Waals surface area contributed by atoms with Crippen molar-refractivity contribution in [1.82, 2.24) is 20.9 Å². The molecule has 2 heterocycles. The minimum absolute atomic E-state index is 0.00463. The Balaban J connectivity index is 1.79. The van der Waals surface area contributed by atoms with E-state index in [0.717, 1.165) is 25.8 Å². The van der Waals surface area contributed by atoms with Gasteiger partial charge in [-0.3, -0.25) is 9.59 Å². The average Bonchev–Trinajstić information content (AvgIpc) is 2.94. The topological polar surface area (TPSA) is 97.3 Å². The molecule has 2 fully saturated rings. The van der Waals surface area contributed by atoms with Gasteiger partial charge in [-0.2, -0.15) is 5.26 Å². The van der Waals surface area contributed by atoms with E-state index >= 15 is 0 Å². The van der Waals surface area contributed by atoms with Crippen molar-refractivity contribution in [2.24, 2.45) is 0 Å². The van der Waals surface area contributed by atoms with Gasteiger partial charge in [0.2, 0.25) is 5.91 Å². The summed E-state index contributed by atoms with van der Waals surface area (Å²) in [6, 6.07) is 2.18. The molecule has 2 amide bonds. The smallest absolute Gasteiger partial charge is 0.263 e. The number of amides is 2. The summed E-state index contributed by atoms with van der Waals surface area (Å²) in [5, 5.41) is 19.0.